The standard InChI is InChI=1S/C21H27N5O6S2/c1-25-20-17(18(24-25)13-8-6-5-7-9-13)21(27)23-19(22-20)15-11-10-14(12-16(15)32-2)26(33(3,28)29)34(4,30)31/h10-13H,5-9H2,1-4H3,(H,22,23,27). The van der Waals surface area contributed by atoms with Crippen molar-refractivity contribution < 1.29 is 21.6 Å². The summed E-state index contributed by atoms with van der Waals surface area (Å²) >= 11 is 0. The number of nitrogens with one attached hydrogen (secondary N) is 1. The van der Waals surface area contributed by atoms with E-state index in [1.54, 1.807) is 11.7 Å². The van der Waals surface area contributed by atoms with Crippen LogP contribution < -0.4 is 14.0 Å². The van der Waals surface area contributed by atoms with Crippen LogP contribution in [0.15, 0.2) is 23.0 Å². The number of hydrogen-bond donors (Lipinski definition) is 1. The number of hydrogen-bond acceptors (Lipinski definition) is 8. The van der Waals surface area contributed by atoms with E-state index in [-0.39, 0.29) is 28.7 Å². The molecule has 1 aromatic carbocycles. The van der Waals surface area contributed by atoms with Gasteiger partial charge in [0.1, 0.15) is 17.0 Å². The summed E-state index contributed by atoms with van der Waals surface area (Å²) < 4.78 is 55.8. The number of H-pyrrole nitrogens is 1. The molecule has 3 aromatic rings. The smallest absolute Gasteiger partial charge is 0.262 e. The molecule has 1 N–H and O–H groups in total. The lowest BCUT2D eigenvalue weighted by Crippen LogP contribution is -2.35. The van der Waals surface area contributed by atoms with E-state index in [9.17, 15) is 21.6 Å². The molecule has 11 nitrogen and oxygen atoms in total. The minimum Gasteiger partial charge on any atom is -0.496 e. The van der Waals surface area contributed by atoms with Crippen LogP contribution in [0, 0.1) is 0 Å². The number of aromatic nitrogens is 4. The van der Waals surface area contributed by atoms with E-state index >= 15 is 0 Å². The maximum atomic E-state index is 13.1. The highest BCUT2D eigenvalue weighted by molar-refractivity contribution is 8.09. The SMILES string of the molecule is COc1cc(N(S(C)(=O)=O)S(C)(=O)=O)ccc1-c1nc2c(c(C3CCCCC3)nn2C)c(=O)[nH]1. The van der Waals surface area contributed by atoms with Gasteiger partial charge in [-0.15, -0.1) is 0 Å². The average Bonchev–Trinajstić information content (AvgIpc) is 3.09. The van der Waals surface area contributed by atoms with Crippen molar-refractivity contribution >= 4 is 36.8 Å². The molecule has 0 unspecified atom stereocenters. The van der Waals surface area contributed by atoms with Gasteiger partial charge in [0.05, 0.1) is 36.6 Å². The number of rotatable bonds is 6. The molecule has 4 rings (SSSR count). The van der Waals surface area contributed by atoms with Crippen LogP contribution in [0.2, 0.25) is 0 Å². The first-order chi connectivity index (χ1) is 15.9. The van der Waals surface area contributed by atoms with E-state index in [1.165, 1.54) is 31.7 Å². The molecule has 0 amide bonds. The number of nitrogens with zero attached hydrogens (tertiary/aromatic N) is 4. The monoisotopic (exact) mass is 509 g/mol. The summed E-state index contributed by atoms with van der Waals surface area (Å²) in [5, 5.41) is 5.07. The van der Waals surface area contributed by atoms with Crippen molar-refractivity contribution in [3.63, 3.8) is 0 Å². The predicted molar refractivity (Wildman–Crippen MR) is 129 cm³/mol. The maximum absolute atomic E-state index is 13.1. The van der Waals surface area contributed by atoms with E-state index < -0.39 is 20.0 Å². The highest BCUT2D eigenvalue weighted by atomic mass is 32.3. The normalized spacial score (nSPS) is 15.5. The highest BCUT2D eigenvalue weighted by Gasteiger charge is 2.29. The lowest BCUT2D eigenvalue weighted by atomic mass is 9.86. The molecule has 1 saturated carbocycles. The molecule has 1 fully saturated rings. The molecule has 184 valence electrons. The third-order valence-corrected chi connectivity index (χ3v) is 9.22. The Morgan fingerprint density at radius 1 is 1.09 bits per heavy atom. The molecule has 0 atom stereocenters. The lowest BCUT2D eigenvalue weighted by Gasteiger charge is -2.21. The van der Waals surface area contributed by atoms with Gasteiger partial charge in [0.2, 0.25) is 20.0 Å². The van der Waals surface area contributed by atoms with Gasteiger partial charge in [-0.2, -0.15) is 8.81 Å². The second kappa shape index (κ2) is 8.69. The molecular formula is C21H27N5O6S2. The predicted octanol–water partition coefficient (Wildman–Crippen LogP) is 2.11. The van der Waals surface area contributed by atoms with Crippen molar-refractivity contribution in [2.45, 2.75) is 38.0 Å². The van der Waals surface area contributed by atoms with E-state index in [2.05, 4.69) is 15.1 Å². The maximum Gasteiger partial charge on any atom is 0.262 e. The quantitative estimate of drug-likeness (QED) is 0.532. The van der Waals surface area contributed by atoms with Gasteiger partial charge in [-0.25, -0.2) is 26.5 Å². The third-order valence-electron chi connectivity index (χ3n) is 5.97. The Bertz CT molecular complexity index is 1490. The fourth-order valence-electron chi connectivity index (χ4n) is 4.59. The van der Waals surface area contributed by atoms with Gasteiger partial charge >= 0.3 is 0 Å². The Balaban J connectivity index is 1.85. The number of fused-ring (bicyclic) bond motifs is 1. The molecule has 0 bridgehead atoms. The van der Waals surface area contributed by atoms with Crippen LogP contribution >= 0.6 is 0 Å². The molecule has 2 heterocycles. The highest BCUT2D eigenvalue weighted by Crippen LogP contribution is 2.36. The van der Waals surface area contributed by atoms with Crippen molar-refractivity contribution in [3.8, 4) is 17.1 Å². The van der Waals surface area contributed by atoms with Gasteiger partial charge in [0.15, 0.2) is 5.65 Å². The number of ether oxygens (including phenoxy) is 1. The summed E-state index contributed by atoms with van der Waals surface area (Å²) in [7, 11) is -5.15. The summed E-state index contributed by atoms with van der Waals surface area (Å²) in [6.45, 7) is 0. The van der Waals surface area contributed by atoms with Crippen molar-refractivity contribution in [3.05, 3.63) is 34.2 Å². The van der Waals surface area contributed by atoms with Gasteiger partial charge in [-0.3, -0.25) is 4.79 Å². The molecule has 1 aliphatic carbocycles. The molecule has 0 spiro atoms. The van der Waals surface area contributed by atoms with Crippen LogP contribution in [0.4, 0.5) is 5.69 Å². The van der Waals surface area contributed by atoms with E-state index in [1.807, 2.05) is 0 Å². The number of methoxy groups -OCH3 is 1. The van der Waals surface area contributed by atoms with Crippen LogP contribution in [0.1, 0.15) is 43.7 Å². The van der Waals surface area contributed by atoms with Gasteiger partial charge in [-0.1, -0.05) is 19.3 Å². The van der Waals surface area contributed by atoms with E-state index in [4.69, 9.17) is 4.74 Å². The fourth-order valence-corrected chi connectivity index (χ4v) is 7.55. The Morgan fingerprint density at radius 2 is 1.74 bits per heavy atom. The lowest BCUT2D eigenvalue weighted by molar-refractivity contribution is 0.416. The Kier molecular flexibility index (Phi) is 6.19. The summed E-state index contributed by atoms with van der Waals surface area (Å²) in [6.07, 6.45) is 6.97. The fraction of sp³-hybridized carbons (Fsp3) is 0.476. The zero-order chi connectivity index (χ0) is 24.8. The Hall–Kier alpha value is -2.93. The summed E-state index contributed by atoms with van der Waals surface area (Å²) in [4.78, 5) is 20.5. The summed E-state index contributed by atoms with van der Waals surface area (Å²) in [5.41, 5.74) is 1.12. The first-order valence-corrected chi connectivity index (χ1v) is 14.5. The van der Waals surface area contributed by atoms with Crippen molar-refractivity contribution in [1.29, 1.82) is 0 Å². The summed E-state index contributed by atoms with van der Waals surface area (Å²) in [5.74, 6) is 0.564. The Labute approximate surface area is 197 Å². The number of benzene rings is 1. The molecule has 34 heavy (non-hydrogen) atoms. The molecule has 0 radical (unpaired) electrons. The van der Waals surface area contributed by atoms with Gasteiger partial charge < -0.3 is 9.72 Å². The second-order valence-corrected chi connectivity index (χ2v) is 12.5. The minimum atomic E-state index is -4.12. The minimum absolute atomic E-state index is 0.117. The van der Waals surface area contributed by atoms with Crippen LogP contribution in [0.25, 0.3) is 22.4 Å². The van der Waals surface area contributed by atoms with Crippen molar-refractivity contribution in [2.75, 3.05) is 23.3 Å². The van der Waals surface area contributed by atoms with Crippen LogP contribution in [-0.4, -0.2) is 56.2 Å². The number of sulfonamides is 2. The largest absolute Gasteiger partial charge is 0.496 e. The molecule has 2 aromatic heterocycles. The molecule has 13 heteroatoms. The zero-order valence-electron chi connectivity index (χ0n) is 19.4. The Morgan fingerprint density at radius 3 is 2.32 bits per heavy atom. The molecule has 0 aliphatic heterocycles. The number of aromatic amines is 1. The van der Waals surface area contributed by atoms with Crippen molar-refractivity contribution in [2.24, 2.45) is 7.05 Å². The van der Waals surface area contributed by atoms with Gasteiger partial charge in [-0.05, 0) is 25.0 Å². The third kappa shape index (κ3) is 4.41. The average molecular weight is 510 g/mol. The first-order valence-electron chi connectivity index (χ1n) is 10.8. The van der Waals surface area contributed by atoms with Crippen LogP contribution in [0.5, 0.6) is 5.75 Å². The van der Waals surface area contributed by atoms with Gasteiger partial charge in [0, 0.05) is 19.0 Å². The van der Waals surface area contributed by atoms with E-state index in [0.29, 0.717) is 20.3 Å². The van der Waals surface area contributed by atoms with Crippen LogP contribution in [0.3, 0.4) is 0 Å². The molecule has 0 saturated heterocycles. The zero-order valence-corrected chi connectivity index (χ0v) is 21.0. The summed E-state index contributed by atoms with van der Waals surface area (Å²) in [6, 6.07) is 4.05. The van der Waals surface area contributed by atoms with E-state index in [0.717, 1.165) is 43.9 Å². The first kappa shape index (κ1) is 24.2. The topological polar surface area (TPSA) is 144 Å². The number of aryl methyl sites for hydroxylation is 1. The van der Waals surface area contributed by atoms with Crippen LogP contribution in [-0.2, 0) is 27.1 Å². The van der Waals surface area contributed by atoms with Crippen molar-refractivity contribution in [1.82, 2.24) is 19.7 Å². The number of anilines is 1. The second-order valence-electron chi connectivity index (χ2n) is 8.56. The van der Waals surface area contributed by atoms with Gasteiger partial charge in [0.25, 0.3) is 5.56 Å². The molecular weight excluding hydrogens is 482 g/mol. The molecule has 1 aliphatic rings.